The Labute approximate surface area is 188 Å². The zero-order valence-electron chi connectivity index (χ0n) is 18.9. The summed E-state index contributed by atoms with van der Waals surface area (Å²) in [7, 11) is 1.81. The molecular weight excluding hydrogens is 412 g/mol. The van der Waals surface area contributed by atoms with E-state index in [1.54, 1.807) is 24.1 Å². The first-order valence-electron chi connectivity index (χ1n) is 11.0. The molecule has 1 fully saturated rings. The average Bonchev–Trinajstić information content (AvgIpc) is 3.17. The highest BCUT2D eigenvalue weighted by Gasteiger charge is 2.36. The molecule has 0 aromatic carbocycles. The van der Waals surface area contributed by atoms with Crippen molar-refractivity contribution in [1.82, 2.24) is 20.1 Å². The van der Waals surface area contributed by atoms with E-state index in [0.717, 1.165) is 30.4 Å². The van der Waals surface area contributed by atoms with Crippen molar-refractivity contribution in [2.75, 3.05) is 13.2 Å². The van der Waals surface area contributed by atoms with Gasteiger partial charge in [-0.25, -0.2) is 4.79 Å². The molecular formula is C23H32N4O5. The zero-order valence-corrected chi connectivity index (χ0v) is 18.9. The molecule has 2 N–H and O–H groups in total. The van der Waals surface area contributed by atoms with Crippen molar-refractivity contribution in [3.05, 3.63) is 30.2 Å². The molecule has 174 valence electrons. The number of carbonyl (C=O) groups is 2. The quantitative estimate of drug-likeness (QED) is 0.571. The molecule has 2 heterocycles. The van der Waals surface area contributed by atoms with E-state index in [-0.39, 0.29) is 25.2 Å². The lowest BCUT2D eigenvalue weighted by atomic mass is 9.74. The van der Waals surface area contributed by atoms with Crippen LogP contribution >= 0.6 is 0 Å². The first kappa shape index (κ1) is 23.7. The van der Waals surface area contributed by atoms with Gasteiger partial charge in [0.05, 0.1) is 55.1 Å². The van der Waals surface area contributed by atoms with Crippen LogP contribution in [-0.4, -0.2) is 51.6 Å². The summed E-state index contributed by atoms with van der Waals surface area (Å²) in [6, 6.07) is 3.67. The van der Waals surface area contributed by atoms with Gasteiger partial charge in [0.2, 0.25) is 0 Å². The number of hydrogen-bond acceptors (Lipinski definition) is 7. The second-order valence-corrected chi connectivity index (χ2v) is 8.83. The number of pyridine rings is 1. The molecule has 1 aliphatic rings. The normalized spacial score (nSPS) is 20.7. The van der Waals surface area contributed by atoms with Gasteiger partial charge >= 0.3 is 6.09 Å². The number of carbonyl (C=O) groups excluding carboxylic acids is 2. The Hall–Kier alpha value is -2.94. The third-order valence-electron chi connectivity index (χ3n) is 5.72. The van der Waals surface area contributed by atoms with E-state index in [1.807, 2.05) is 26.0 Å². The predicted octanol–water partition coefficient (Wildman–Crippen LogP) is 2.86. The number of ether oxygens (including phenoxy) is 2. The molecule has 0 spiro atoms. The molecule has 1 saturated carbocycles. The Morgan fingerprint density at radius 3 is 2.88 bits per heavy atom. The Balaban J connectivity index is 1.64. The van der Waals surface area contributed by atoms with Gasteiger partial charge in [-0.1, -0.05) is 13.8 Å². The molecule has 2 atom stereocenters. The van der Waals surface area contributed by atoms with Crippen LogP contribution in [0.1, 0.15) is 45.2 Å². The number of nitrogens with zero attached hydrogens (tertiary/aromatic N) is 3. The maximum absolute atomic E-state index is 11.9. The van der Waals surface area contributed by atoms with Crippen molar-refractivity contribution >= 4 is 12.4 Å². The second-order valence-electron chi connectivity index (χ2n) is 8.83. The topological polar surface area (TPSA) is 116 Å². The Bertz CT molecular complexity index is 912. The first-order chi connectivity index (χ1) is 15.4. The van der Waals surface area contributed by atoms with E-state index in [1.165, 1.54) is 0 Å². The maximum Gasteiger partial charge on any atom is 0.407 e. The third kappa shape index (κ3) is 5.85. The highest BCUT2D eigenvalue weighted by Crippen LogP contribution is 2.36. The van der Waals surface area contributed by atoms with Gasteiger partial charge in [0.15, 0.2) is 0 Å². The van der Waals surface area contributed by atoms with Crippen molar-refractivity contribution in [3.8, 4) is 17.0 Å². The van der Waals surface area contributed by atoms with Crippen molar-refractivity contribution in [1.29, 1.82) is 0 Å². The number of aliphatic hydroxyl groups excluding tert-OH is 1. The van der Waals surface area contributed by atoms with Crippen LogP contribution in [0.2, 0.25) is 0 Å². The highest BCUT2D eigenvalue weighted by atomic mass is 16.5. The highest BCUT2D eigenvalue weighted by molar-refractivity contribution is 5.68. The van der Waals surface area contributed by atoms with Crippen molar-refractivity contribution in [2.24, 2.45) is 18.4 Å². The van der Waals surface area contributed by atoms with Gasteiger partial charge in [-0.05, 0) is 43.7 Å². The number of hydrogen-bond donors (Lipinski definition) is 2. The van der Waals surface area contributed by atoms with Crippen LogP contribution in [0.25, 0.3) is 11.3 Å². The minimum atomic E-state index is -0.704. The largest absolute Gasteiger partial charge is 0.489 e. The molecule has 0 bridgehead atoms. The fourth-order valence-electron chi connectivity index (χ4n) is 3.87. The lowest BCUT2D eigenvalue weighted by Crippen LogP contribution is -2.38. The second kappa shape index (κ2) is 10.6. The number of aliphatic hydroxyl groups is 1. The Kier molecular flexibility index (Phi) is 7.84. The van der Waals surface area contributed by atoms with Crippen molar-refractivity contribution < 1.29 is 24.2 Å². The minimum absolute atomic E-state index is 0.135. The van der Waals surface area contributed by atoms with Crippen molar-refractivity contribution in [2.45, 2.75) is 52.2 Å². The number of aryl methyl sites for hydroxylation is 1. The lowest BCUT2D eigenvalue weighted by molar-refractivity contribution is -0.122. The van der Waals surface area contributed by atoms with Crippen LogP contribution in [0.4, 0.5) is 4.79 Å². The summed E-state index contributed by atoms with van der Waals surface area (Å²) in [6.45, 7) is 4.42. The summed E-state index contributed by atoms with van der Waals surface area (Å²) in [5.74, 6) is 0.879. The lowest BCUT2D eigenvalue weighted by Gasteiger charge is -2.35. The molecule has 1 aliphatic carbocycles. The fourth-order valence-corrected chi connectivity index (χ4v) is 3.87. The van der Waals surface area contributed by atoms with E-state index in [9.17, 15) is 14.7 Å². The summed E-state index contributed by atoms with van der Waals surface area (Å²) >= 11 is 0. The molecule has 1 amide bonds. The van der Waals surface area contributed by atoms with Crippen LogP contribution in [0.5, 0.6) is 5.75 Å². The molecule has 32 heavy (non-hydrogen) atoms. The number of aromatic nitrogens is 3. The summed E-state index contributed by atoms with van der Waals surface area (Å²) in [5.41, 5.74) is 1.61. The standard InChI is InChI=1S/C23H32N4O5/c1-16(2)13-31-22(30)25-12-21-19(11-26-27(21)3)20-7-6-18(10-24-20)32-17-5-4-8-23(9-17,14-28)15-29/h6-7,10-11,14,16-17,29H,4-5,8-9,12-13,15H2,1-3H3,(H,25,30)/t17-,23?/m0/s1. The smallest absolute Gasteiger partial charge is 0.407 e. The van der Waals surface area contributed by atoms with Crippen LogP contribution in [-0.2, 0) is 23.1 Å². The molecule has 9 nitrogen and oxygen atoms in total. The molecule has 9 heteroatoms. The molecule has 0 saturated heterocycles. The Morgan fingerprint density at radius 1 is 1.41 bits per heavy atom. The molecule has 0 radical (unpaired) electrons. The molecule has 1 unspecified atom stereocenters. The summed E-state index contributed by atoms with van der Waals surface area (Å²) < 4.78 is 12.9. The van der Waals surface area contributed by atoms with Crippen molar-refractivity contribution in [3.63, 3.8) is 0 Å². The SMILES string of the molecule is CC(C)COC(=O)NCc1c(-c2ccc(O[C@H]3CCCC(C=O)(CO)C3)cn2)cnn1C. The number of rotatable bonds is 9. The summed E-state index contributed by atoms with van der Waals surface area (Å²) in [4.78, 5) is 27.8. The molecule has 3 rings (SSSR count). The van der Waals surface area contributed by atoms with E-state index in [2.05, 4.69) is 15.4 Å². The van der Waals surface area contributed by atoms with E-state index < -0.39 is 11.5 Å². The van der Waals surface area contributed by atoms with Crippen LogP contribution in [0.3, 0.4) is 0 Å². The number of aldehydes is 1. The zero-order chi connectivity index (χ0) is 23.1. The summed E-state index contributed by atoms with van der Waals surface area (Å²) in [6.07, 6.45) is 6.47. The molecule has 2 aromatic heterocycles. The number of nitrogens with one attached hydrogen (secondary N) is 1. The molecule has 2 aromatic rings. The van der Waals surface area contributed by atoms with E-state index in [0.29, 0.717) is 30.9 Å². The fraction of sp³-hybridized carbons (Fsp3) is 0.565. The van der Waals surface area contributed by atoms with Crippen LogP contribution < -0.4 is 10.1 Å². The number of alkyl carbamates (subject to hydrolysis) is 1. The maximum atomic E-state index is 11.9. The Morgan fingerprint density at radius 2 is 2.22 bits per heavy atom. The van der Waals surface area contributed by atoms with Crippen LogP contribution in [0, 0.1) is 11.3 Å². The van der Waals surface area contributed by atoms with Gasteiger partial charge in [-0.15, -0.1) is 0 Å². The predicted molar refractivity (Wildman–Crippen MR) is 118 cm³/mol. The van der Waals surface area contributed by atoms with Gasteiger partial charge in [0.25, 0.3) is 0 Å². The van der Waals surface area contributed by atoms with E-state index in [4.69, 9.17) is 9.47 Å². The van der Waals surface area contributed by atoms with Gasteiger partial charge in [-0.3, -0.25) is 9.67 Å². The number of amides is 1. The van der Waals surface area contributed by atoms with Gasteiger partial charge in [0, 0.05) is 12.6 Å². The van der Waals surface area contributed by atoms with Gasteiger partial charge < -0.3 is 24.7 Å². The monoisotopic (exact) mass is 444 g/mol. The van der Waals surface area contributed by atoms with Gasteiger partial charge in [0.1, 0.15) is 12.0 Å². The van der Waals surface area contributed by atoms with E-state index >= 15 is 0 Å². The first-order valence-corrected chi connectivity index (χ1v) is 11.0. The van der Waals surface area contributed by atoms with Gasteiger partial charge in [-0.2, -0.15) is 5.10 Å². The molecule has 0 aliphatic heterocycles. The minimum Gasteiger partial charge on any atom is -0.489 e. The average molecular weight is 445 g/mol. The summed E-state index contributed by atoms with van der Waals surface area (Å²) in [5, 5.41) is 16.7. The van der Waals surface area contributed by atoms with Crippen LogP contribution in [0.15, 0.2) is 24.5 Å². The third-order valence-corrected chi connectivity index (χ3v) is 5.72.